The zero-order valence-electron chi connectivity index (χ0n) is 1.30. The van der Waals surface area contributed by atoms with E-state index in [0.717, 1.165) is 0 Å². The molecule has 0 rings (SSSR count). The second-order valence-electron chi connectivity index (χ2n) is 0. The average molecular weight is 323 g/mol. The Morgan fingerprint density at radius 2 is 0.750 bits per heavy atom. The third-order valence-corrected chi connectivity index (χ3v) is 0. The summed E-state index contributed by atoms with van der Waals surface area (Å²) < 4.78 is 0. The molecule has 0 aromatic heterocycles. The van der Waals surface area contributed by atoms with Gasteiger partial charge in [0.1, 0.15) is 0 Å². The average Bonchev–Trinajstić information content (AvgIpc) is 0. The van der Waals surface area contributed by atoms with Gasteiger partial charge in [-0.2, -0.15) is 0 Å². The fraction of sp³-hybridized carbons (Fsp3) is 0. The fourth-order valence-corrected chi connectivity index (χ4v) is 0. The van der Waals surface area contributed by atoms with Crippen molar-refractivity contribution in [3.63, 3.8) is 0 Å². The summed E-state index contributed by atoms with van der Waals surface area (Å²) >= 11 is 0. The van der Waals surface area contributed by atoms with Crippen LogP contribution in [0, 0.1) is 0 Å². The van der Waals surface area contributed by atoms with Gasteiger partial charge in [-0.05, 0) is 0 Å². The Labute approximate surface area is 81.9 Å². The van der Waals surface area contributed by atoms with Gasteiger partial charge in [-0.25, -0.2) is 0 Å². The molecule has 0 N–H and O–H groups in total. The molecule has 0 aliphatic rings. The second-order valence-corrected chi connectivity index (χ2v) is 0. The monoisotopic (exact) mass is 323 g/mol. The molecule has 0 saturated carbocycles. The molecule has 0 atom stereocenters. The fourth-order valence-electron chi connectivity index (χ4n) is 0. The molecule has 0 aromatic rings. The first-order valence-corrected chi connectivity index (χ1v) is 0. The summed E-state index contributed by atoms with van der Waals surface area (Å²) in [5.74, 6) is 0. The molecule has 0 spiro atoms. The molecule has 0 heterocycles. The molecule has 0 bridgehead atoms. The van der Waals surface area contributed by atoms with E-state index in [1.165, 1.54) is 0 Å². The molecule has 0 aromatic carbocycles. The van der Waals surface area contributed by atoms with Crippen LogP contribution >= 0.6 is 0 Å². The van der Waals surface area contributed by atoms with Crippen LogP contribution in [0.5, 0.6) is 0 Å². The van der Waals surface area contributed by atoms with Crippen LogP contribution in [-0.2, 0) is 65.8 Å². The van der Waals surface area contributed by atoms with Crippen molar-refractivity contribution in [2.45, 2.75) is 0 Å². The summed E-state index contributed by atoms with van der Waals surface area (Å²) in [7, 11) is 0. The van der Waals surface area contributed by atoms with Crippen molar-refractivity contribution in [3.8, 4) is 0 Å². The zero-order chi connectivity index (χ0) is 0. The first kappa shape index (κ1) is 29.9. The van der Waals surface area contributed by atoms with Gasteiger partial charge < -0.3 is 0 Å². The van der Waals surface area contributed by atoms with Crippen LogP contribution in [0.3, 0.4) is 0 Å². The van der Waals surface area contributed by atoms with Gasteiger partial charge in [0.15, 0.2) is 17.4 Å². The van der Waals surface area contributed by atoms with E-state index in [1.807, 2.05) is 0 Å². The Balaban J connectivity index is 0. The minimum absolute atomic E-state index is 0. The molecule has 0 aliphatic heterocycles. The molecular formula is H3AlAuTi2. The first-order chi connectivity index (χ1) is 0. The van der Waals surface area contributed by atoms with E-state index in [1.54, 1.807) is 0 Å². The van der Waals surface area contributed by atoms with E-state index in [4.69, 9.17) is 0 Å². The van der Waals surface area contributed by atoms with Gasteiger partial charge in [0, 0.05) is 65.8 Å². The van der Waals surface area contributed by atoms with Crippen molar-refractivity contribution in [2.75, 3.05) is 0 Å². The predicted molar refractivity (Wildman–Crippen MR) is 9.94 cm³/mol. The van der Waals surface area contributed by atoms with Gasteiger partial charge in [-0.3, -0.25) is 0 Å². The van der Waals surface area contributed by atoms with E-state index in [2.05, 4.69) is 0 Å². The first-order valence-electron chi connectivity index (χ1n) is 0. The standard InChI is InChI=1S/Al.Au.2Ti.3H. The number of hydrogen-bond donors (Lipinski definition) is 0. The number of rotatable bonds is 0. The summed E-state index contributed by atoms with van der Waals surface area (Å²) in [5.41, 5.74) is 0. The molecule has 1 radical (unpaired) electrons. The predicted octanol–water partition coefficient (Wildman–Crippen LogP) is -1.19. The summed E-state index contributed by atoms with van der Waals surface area (Å²) in [6.07, 6.45) is 0. The van der Waals surface area contributed by atoms with Gasteiger partial charge in [0.05, 0.1) is 0 Å². The molecule has 0 aliphatic carbocycles. The maximum absolute atomic E-state index is 0. The summed E-state index contributed by atoms with van der Waals surface area (Å²) in [4.78, 5) is 0. The van der Waals surface area contributed by atoms with Crippen molar-refractivity contribution < 1.29 is 65.8 Å². The molecule has 0 nitrogen and oxygen atoms in total. The number of hydrogen-bond acceptors (Lipinski definition) is 0. The van der Waals surface area contributed by atoms with Crippen LogP contribution < -0.4 is 0 Å². The van der Waals surface area contributed by atoms with Crippen LogP contribution in [0.15, 0.2) is 0 Å². The summed E-state index contributed by atoms with van der Waals surface area (Å²) in [5, 5.41) is 0. The van der Waals surface area contributed by atoms with Gasteiger partial charge in [0.2, 0.25) is 0 Å². The molecule has 4 heteroatoms. The van der Waals surface area contributed by atoms with E-state index < -0.39 is 0 Å². The normalized spacial score (nSPS) is 0. The van der Waals surface area contributed by atoms with Crippen LogP contribution in [-0.4, -0.2) is 17.4 Å². The van der Waals surface area contributed by atoms with Crippen LogP contribution in [0.1, 0.15) is 0 Å². The Morgan fingerprint density at radius 1 is 0.750 bits per heavy atom. The molecule has 4 heavy (non-hydrogen) atoms. The Hall–Kier alpha value is 2.70. The molecule has 25 valence electrons. The van der Waals surface area contributed by atoms with E-state index >= 15 is 0 Å². The smallest absolute Gasteiger partial charge is 0 e. The van der Waals surface area contributed by atoms with E-state index in [0.29, 0.717) is 0 Å². The third-order valence-electron chi connectivity index (χ3n) is 0. The quantitative estimate of drug-likeness (QED) is 0.492. The van der Waals surface area contributed by atoms with E-state index in [-0.39, 0.29) is 83.2 Å². The van der Waals surface area contributed by atoms with Gasteiger partial charge in [0.25, 0.3) is 0 Å². The summed E-state index contributed by atoms with van der Waals surface area (Å²) in [6.45, 7) is 0. The SMILES string of the molecule is [AlH3].[Au].[Ti].[Ti]. The molecule has 0 amide bonds. The van der Waals surface area contributed by atoms with Crippen molar-refractivity contribution in [2.24, 2.45) is 0 Å². The molecule has 0 unspecified atom stereocenters. The van der Waals surface area contributed by atoms with E-state index in [9.17, 15) is 0 Å². The Bertz CT molecular complexity index is 6.00. The van der Waals surface area contributed by atoms with Gasteiger partial charge >= 0.3 is 0 Å². The topological polar surface area (TPSA) is 0 Å². The zero-order valence-corrected chi connectivity index (χ0v) is 6.59. The van der Waals surface area contributed by atoms with Crippen molar-refractivity contribution >= 4 is 17.4 Å². The minimum Gasteiger partial charge on any atom is 0 e. The van der Waals surface area contributed by atoms with Gasteiger partial charge in [-0.15, -0.1) is 0 Å². The Morgan fingerprint density at radius 3 is 0.750 bits per heavy atom. The molecule has 0 fully saturated rings. The maximum atomic E-state index is 0. The largest absolute Gasteiger partial charge is 0.187 e. The van der Waals surface area contributed by atoms with Crippen LogP contribution in [0.25, 0.3) is 0 Å². The maximum Gasteiger partial charge on any atom is 0.187 e. The summed E-state index contributed by atoms with van der Waals surface area (Å²) in [6, 6.07) is 0. The molecule has 0 saturated heterocycles. The van der Waals surface area contributed by atoms with Crippen molar-refractivity contribution in [1.29, 1.82) is 0 Å². The van der Waals surface area contributed by atoms with Crippen LogP contribution in [0.4, 0.5) is 0 Å². The van der Waals surface area contributed by atoms with Crippen molar-refractivity contribution in [3.05, 3.63) is 0 Å². The Kier molecular flexibility index (Phi) is 129. The molecular weight excluding hydrogens is 320 g/mol. The van der Waals surface area contributed by atoms with Crippen molar-refractivity contribution in [1.82, 2.24) is 0 Å². The second kappa shape index (κ2) is 17.3. The minimum atomic E-state index is 0. The third kappa shape index (κ3) is 8.83. The van der Waals surface area contributed by atoms with Gasteiger partial charge in [-0.1, -0.05) is 0 Å². The van der Waals surface area contributed by atoms with Crippen LogP contribution in [0.2, 0.25) is 0 Å².